The molecule has 4 heteroatoms. The first kappa shape index (κ1) is 14.0. The molecular weight excluding hydrogens is 250 g/mol. The van der Waals surface area contributed by atoms with E-state index >= 15 is 0 Å². The van der Waals surface area contributed by atoms with Crippen molar-refractivity contribution in [2.24, 2.45) is 5.73 Å². The maximum absolute atomic E-state index is 9.79. The fourth-order valence-corrected chi connectivity index (χ4v) is 3.60. The number of rotatable bonds is 4. The van der Waals surface area contributed by atoms with Crippen LogP contribution in [-0.2, 0) is 5.54 Å². The first-order valence-electron chi connectivity index (χ1n) is 7.63. The number of benzene rings is 1. The van der Waals surface area contributed by atoms with Crippen molar-refractivity contribution in [1.82, 2.24) is 9.80 Å². The van der Waals surface area contributed by atoms with E-state index in [0.29, 0.717) is 6.04 Å². The van der Waals surface area contributed by atoms with E-state index in [1.165, 1.54) is 19.4 Å². The van der Waals surface area contributed by atoms with Crippen molar-refractivity contribution >= 4 is 0 Å². The molecule has 2 atom stereocenters. The van der Waals surface area contributed by atoms with Crippen LogP contribution in [-0.4, -0.2) is 60.3 Å². The van der Waals surface area contributed by atoms with E-state index in [-0.39, 0.29) is 6.61 Å². The summed E-state index contributed by atoms with van der Waals surface area (Å²) < 4.78 is 0. The minimum atomic E-state index is -0.651. The van der Waals surface area contributed by atoms with Gasteiger partial charge in [0.15, 0.2) is 0 Å². The van der Waals surface area contributed by atoms with Gasteiger partial charge in [-0.15, -0.1) is 0 Å². The summed E-state index contributed by atoms with van der Waals surface area (Å²) in [6, 6.07) is 10.7. The zero-order valence-corrected chi connectivity index (χ0v) is 12.0. The van der Waals surface area contributed by atoms with Gasteiger partial charge in [0.25, 0.3) is 0 Å². The molecule has 1 aromatic carbocycles. The predicted octanol–water partition coefficient (Wildman–Crippen LogP) is 0.613. The molecule has 0 aliphatic carbocycles. The second kappa shape index (κ2) is 5.82. The Hall–Kier alpha value is -0.940. The molecule has 3 N–H and O–H groups in total. The molecule has 2 fully saturated rings. The third kappa shape index (κ3) is 2.74. The van der Waals surface area contributed by atoms with Gasteiger partial charge in [-0.25, -0.2) is 0 Å². The predicted molar refractivity (Wildman–Crippen MR) is 80.4 cm³/mol. The molecule has 2 aliphatic rings. The highest BCUT2D eigenvalue weighted by Crippen LogP contribution is 2.25. The van der Waals surface area contributed by atoms with Gasteiger partial charge in [0.05, 0.1) is 12.1 Å². The Kier molecular flexibility index (Phi) is 4.08. The van der Waals surface area contributed by atoms with Crippen molar-refractivity contribution in [2.45, 2.75) is 24.4 Å². The number of aliphatic hydroxyl groups excluding tert-OH is 1. The van der Waals surface area contributed by atoms with Crippen LogP contribution in [0.4, 0.5) is 0 Å². The minimum Gasteiger partial charge on any atom is -0.394 e. The number of hydrogen-bond donors (Lipinski definition) is 2. The lowest BCUT2D eigenvalue weighted by atomic mass is 9.90. The molecule has 0 aromatic heterocycles. The highest BCUT2D eigenvalue weighted by molar-refractivity contribution is 5.24. The Morgan fingerprint density at radius 2 is 2.00 bits per heavy atom. The summed E-state index contributed by atoms with van der Waals surface area (Å²) in [6.07, 6.45) is 2.63. The van der Waals surface area contributed by atoms with E-state index in [9.17, 15) is 5.11 Å². The van der Waals surface area contributed by atoms with E-state index < -0.39 is 5.54 Å². The van der Waals surface area contributed by atoms with E-state index in [1.807, 2.05) is 30.3 Å². The zero-order chi connectivity index (χ0) is 14.0. The summed E-state index contributed by atoms with van der Waals surface area (Å²) in [4.78, 5) is 5.02. The molecule has 3 rings (SSSR count). The quantitative estimate of drug-likeness (QED) is 0.845. The first-order chi connectivity index (χ1) is 9.71. The third-order valence-electron chi connectivity index (χ3n) is 4.81. The molecule has 0 spiro atoms. The summed E-state index contributed by atoms with van der Waals surface area (Å²) in [7, 11) is 0. The van der Waals surface area contributed by atoms with Crippen LogP contribution in [0.1, 0.15) is 18.4 Å². The Morgan fingerprint density at radius 1 is 1.20 bits per heavy atom. The van der Waals surface area contributed by atoms with E-state index in [4.69, 9.17) is 5.73 Å². The topological polar surface area (TPSA) is 52.7 Å². The highest BCUT2D eigenvalue weighted by atomic mass is 16.3. The van der Waals surface area contributed by atoms with Gasteiger partial charge in [0, 0.05) is 32.2 Å². The maximum atomic E-state index is 9.79. The Labute approximate surface area is 121 Å². The van der Waals surface area contributed by atoms with Gasteiger partial charge in [-0.3, -0.25) is 9.80 Å². The van der Waals surface area contributed by atoms with Gasteiger partial charge in [-0.05, 0) is 24.9 Å². The molecule has 0 amide bonds. The monoisotopic (exact) mass is 275 g/mol. The van der Waals surface area contributed by atoms with Crippen molar-refractivity contribution < 1.29 is 5.11 Å². The smallest absolute Gasteiger partial charge is 0.0772 e. The SMILES string of the molecule is NC(CO)(CN1CCN2CCCC2C1)c1ccccc1. The van der Waals surface area contributed by atoms with Crippen LogP contribution in [0.5, 0.6) is 0 Å². The molecule has 2 unspecified atom stereocenters. The minimum absolute atomic E-state index is 0.0120. The average Bonchev–Trinajstić information content (AvgIpc) is 2.95. The third-order valence-corrected chi connectivity index (χ3v) is 4.81. The van der Waals surface area contributed by atoms with Crippen LogP contribution in [0.15, 0.2) is 30.3 Å². The fourth-order valence-electron chi connectivity index (χ4n) is 3.60. The van der Waals surface area contributed by atoms with Gasteiger partial charge in [-0.1, -0.05) is 30.3 Å². The van der Waals surface area contributed by atoms with Crippen LogP contribution >= 0.6 is 0 Å². The number of fused-ring (bicyclic) bond motifs is 1. The lowest BCUT2D eigenvalue weighted by Crippen LogP contribution is -2.57. The average molecular weight is 275 g/mol. The van der Waals surface area contributed by atoms with Crippen LogP contribution in [0.2, 0.25) is 0 Å². The van der Waals surface area contributed by atoms with Crippen LogP contribution in [0.3, 0.4) is 0 Å². The van der Waals surface area contributed by atoms with Crippen molar-refractivity contribution in [1.29, 1.82) is 0 Å². The van der Waals surface area contributed by atoms with Gasteiger partial charge in [0.2, 0.25) is 0 Å². The van der Waals surface area contributed by atoms with Gasteiger partial charge in [-0.2, -0.15) is 0 Å². The summed E-state index contributed by atoms with van der Waals surface area (Å²) in [5, 5.41) is 9.79. The fraction of sp³-hybridized carbons (Fsp3) is 0.625. The Balaban J connectivity index is 1.69. The molecule has 2 aliphatic heterocycles. The molecule has 4 nitrogen and oxygen atoms in total. The molecule has 1 aromatic rings. The van der Waals surface area contributed by atoms with E-state index in [1.54, 1.807) is 0 Å². The number of hydrogen-bond acceptors (Lipinski definition) is 4. The Morgan fingerprint density at radius 3 is 2.75 bits per heavy atom. The maximum Gasteiger partial charge on any atom is 0.0772 e. The Bertz CT molecular complexity index is 439. The van der Waals surface area contributed by atoms with E-state index in [0.717, 1.165) is 31.7 Å². The lowest BCUT2D eigenvalue weighted by molar-refractivity contribution is 0.0681. The second-order valence-electron chi connectivity index (χ2n) is 6.25. The van der Waals surface area contributed by atoms with Crippen LogP contribution < -0.4 is 5.73 Å². The zero-order valence-electron chi connectivity index (χ0n) is 12.0. The molecular formula is C16H25N3O. The van der Waals surface area contributed by atoms with Crippen molar-refractivity contribution in [3.8, 4) is 0 Å². The normalized spacial score (nSPS) is 27.2. The molecule has 2 heterocycles. The molecule has 0 radical (unpaired) electrons. The van der Waals surface area contributed by atoms with Crippen molar-refractivity contribution in [2.75, 3.05) is 39.3 Å². The van der Waals surface area contributed by atoms with Gasteiger partial charge < -0.3 is 10.8 Å². The summed E-state index contributed by atoms with van der Waals surface area (Å²) in [6.45, 7) is 5.26. The summed E-state index contributed by atoms with van der Waals surface area (Å²) in [5.41, 5.74) is 6.85. The molecule has 110 valence electrons. The van der Waals surface area contributed by atoms with Gasteiger partial charge >= 0.3 is 0 Å². The first-order valence-corrected chi connectivity index (χ1v) is 7.63. The van der Waals surface area contributed by atoms with Gasteiger partial charge in [0.1, 0.15) is 0 Å². The van der Waals surface area contributed by atoms with Crippen molar-refractivity contribution in [3.63, 3.8) is 0 Å². The van der Waals surface area contributed by atoms with Crippen molar-refractivity contribution in [3.05, 3.63) is 35.9 Å². The number of aliphatic hydroxyl groups is 1. The molecule has 0 saturated carbocycles. The van der Waals surface area contributed by atoms with E-state index in [2.05, 4.69) is 9.80 Å². The number of nitrogens with zero attached hydrogens (tertiary/aromatic N) is 2. The molecule has 0 bridgehead atoms. The number of nitrogens with two attached hydrogens (primary N) is 1. The van der Waals surface area contributed by atoms with Crippen LogP contribution in [0.25, 0.3) is 0 Å². The molecule has 20 heavy (non-hydrogen) atoms. The number of piperazine rings is 1. The summed E-state index contributed by atoms with van der Waals surface area (Å²) in [5.74, 6) is 0. The van der Waals surface area contributed by atoms with Crippen LogP contribution in [0, 0.1) is 0 Å². The standard InChI is InChI=1S/C16H25N3O/c17-16(13-20,14-5-2-1-3-6-14)12-18-9-10-19-8-4-7-15(19)11-18/h1-3,5-6,15,20H,4,7-13,17H2. The molecule has 2 saturated heterocycles. The summed E-state index contributed by atoms with van der Waals surface area (Å²) >= 11 is 0. The highest BCUT2D eigenvalue weighted by Gasteiger charge is 2.35. The largest absolute Gasteiger partial charge is 0.394 e. The second-order valence-corrected chi connectivity index (χ2v) is 6.25. The lowest BCUT2D eigenvalue weighted by Gasteiger charge is -2.41.